The van der Waals surface area contributed by atoms with Gasteiger partial charge in [0, 0.05) is 11.3 Å². The standard InChI is InChI=1S/C18H21NO2/c1-4-14-5-7-15(8-6-14)18(20)19-16-9-11-17(12-10-16)21-13(2)3/h5-13H,4H2,1-3H3,(H,19,20). The molecular weight excluding hydrogens is 262 g/mol. The maximum absolute atomic E-state index is 12.1. The average molecular weight is 283 g/mol. The summed E-state index contributed by atoms with van der Waals surface area (Å²) in [6.07, 6.45) is 1.11. The molecule has 0 aliphatic carbocycles. The molecule has 110 valence electrons. The van der Waals surface area contributed by atoms with E-state index in [0.29, 0.717) is 5.56 Å². The second kappa shape index (κ2) is 6.93. The summed E-state index contributed by atoms with van der Waals surface area (Å²) in [5, 5.41) is 2.88. The molecule has 3 heteroatoms. The molecule has 0 spiro atoms. The summed E-state index contributed by atoms with van der Waals surface area (Å²) in [4.78, 5) is 12.1. The van der Waals surface area contributed by atoms with Gasteiger partial charge in [0.2, 0.25) is 0 Å². The molecule has 0 heterocycles. The highest BCUT2D eigenvalue weighted by Gasteiger charge is 2.06. The lowest BCUT2D eigenvalue weighted by Gasteiger charge is -2.10. The fourth-order valence-corrected chi connectivity index (χ4v) is 1.98. The van der Waals surface area contributed by atoms with Gasteiger partial charge in [-0.15, -0.1) is 0 Å². The second-order valence-electron chi connectivity index (χ2n) is 5.20. The molecule has 0 aliphatic heterocycles. The summed E-state index contributed by atoms with van der Waals surface area (Å²) in [5.41, 5.74) is 2.65. The van der Waals surface area contributed by atoms with E-state index >= 15 is 0 Å². The lowest BCUT2D eigenvalue weighted by Crippen LogP contribution is -2.12. The number of carbonyl (C=O) groups is 1. The van der Waals surface area contributed by atoms with Crippen LogP contribution in [0.1, 0.15) is 36.7 Å². The van der Waals surface area contributed by atoms with E-state index in [-0.39, 0.29) is 12.0 Å². The first-order valence-corrected chi connectivity index (χ1v) is 7.25. The quantitative estimate of drug-likeness (QED) is 0.889. The Kier molecular flexibility index (Phi) is 4.99. The molecule has 1 amide bonds. The minimum atomic E-state index is -0.102. The van der Waals surface area contributed by atoms with Crippen LogP contribution in [0.25, 0.3) is 0 Å². The molecule has 2 aromatic rings. The van der Waals surface area contributed by atoms with Crippen molar-refractivity contribution < 1.29 is 9.53 Å². The lowest BCUT2D eigenvalue weighted by molar-refractivity contribution is 0.102. The number of hydrogen-bond acceptors (Lipinski definition) is 2. The summed E-state index contributed by atoms with van der Waals surface area (Å²) in [6, 6.07) is 15.1. The molecular formula is C18H21NO2. The van der Waals surface area contributed by atoms with E-state index in [4.69, 9.17) is 4.74 Å². The van der Waals surface area contributed by atoms with Crippen LogP contribution in [0, 0.1) is 0 Å². The van der Waals surface area contributed by atoms with Crippen molar-refractivity contribution in [2.75, 3.05) is 5.32 Å². The molecule has 0 saturated carbocycles. The Morgan fingerprint density at radius 2 is 1.67 bits per heavy atom. The molecule has 0 fully saturated rings. The van der Waals surface area contributed by atoms with E-state index in [9.17, 15) is 4.79 Å². The van der Waals surface area contributed by atoms with Gasteiger partial charge in [0.05, 0.1) is 6.10 Å². The van der Waals surface area contributed by atoms with Gasteiger partial charge in [-0.05, 0) is 62.2 Å². The number of nitrogens with one attached hydrogen (secondary N) is 1. The zero-order valence-corrected chi connectivity index (χ0v) is 12.7. The first-order valence-electron chi connectivity index (χ1n) is 7.25. The number of anilines is 1. The molecule has 21 heavy (non-hydrogen) atoms. The van der Waals surface area contributed by atoms with Gasteiger partial charge >= 0.3 is 0 Å². The number of ether oxygens (including phenoxy) is 1. The highest BCUT2D eigenvalue weighted by atomic mass is 16.5. The van der Waals surface area contributed by atoms with Crippen LogP contribution in [-0.2, 0) is 6.42 Å². The fourth-order valence-electron chi connectivity index (χ4n) is 1.98. The van der Waals surface area contributed by atoms with Crippen LogP contribution >= 0.6 is 0 Å². The van der Waals surface area contributed by atoms with Gasteiger partial charge in [-0.1, -0.05) is 19.1 Å². The molecule has 0 aromatic heterocycles. The molecule has 0 bridgehead atoms. The molecule has 1 N–H and O–H groups in total. The smallest absolute Gasteiger partial charge is 0.255 e. The molecule has 0 radical (unpaired) electrons. The summed E-state index contributed by atoms with van der Waals surface area (Å²) in [5.74, 6) is 0.700. The number of aryl methyl sites for hydroxylation is 1. The van der Waals surface area contributed by atoms with E-state index < -0.39 is 0 Å². The van der Waals surface area contributed by atoms with Gasteiger partial charge in [-0.3, -0.25) is 4.79 Å². The predicted octanol–water partition coefficient (Wildman–Crippen LogP) is 4.29. The van der Waals surface area contributed by atoms with Crippen molar-refractivity contribution in [2.45, 2.75) is 33.3 Å². The van der Waals surface area contributed by atoms with Gasteiger partial charge in [0.1, 0.15) is 5.75 Å². The van der Waals surface area contributed by atoms with Gasteiger partial charge in [0.15, 0.2) is 0 Å². The number of hydrogen-bond donors (Lipinski definition) is 1. The Hall–Kier alpha value is -2.29. The Morgan fingerprint density at radius 1 is 1.05 bits per heavy atom. The average Bonchev–Trinajstić information content (AvgIpc) is 2.49. The number of rotatable bonds is 5. The van der Waals surface area contributed by atoms with Crippen molar-refractivity contribution in [3.63, 3.8) is 0 Å². The Balaban J connectivity index is 2.01. The zero-order chi connectivity index (χ0) is 15.2. The van der Waals surface area contributed by atoms with Crippen LogP contribution in [0.15, 0.2) is 48.5 Å². The third-order valence-corrected chi connectivity index (χ3v) is 3.11. The molecule has 3 nitrogen and oxygen atoms in total. The second-order valence-corrected chi connectivity index (χ2v) is 5.20. The maximum Gasteiger partial charge on any atom is 0.255 e. The van der Waals surface area contributed by atoms with Gasteiger partial charge < -0.3 is 10.1 Å². The van der Waals surface area contributed by atoms with E-state index in [2.05, 4.69) is 12.2 Å². The van der Waals surface area contributed by atoms with Crippen molar-refractivity contribution in [3.05, 3.63) is 59.7 Å². The molecule has 0 saturated heterocycles. The Labute approximate surface area is 126 Å². The normalized spacial score (nSPS) is 10.5. The molecule has 2 aromatic carbocycles. The van der Waals surface area contributed by atoms with Crippen LogP contribution in [0.4, 0.5) is 5.69 Å². The first kappa shape index (κ1) is 15.1. The molecule has 0 aliphatic rings. The van der Waals surface area contributed by atoms with Crippen molar-refractivity contribution >= 4 is 11.6 Å². The third kappa shape index (κ3) is 4.35. The maximum atomic E-state index is 12.1. The van der Waals surface area contributed by atoms with Crippen molar-refractivity contribution in [2.24, 2.45) is 0 Å². The monoisotopic (exact) mass is 283 g/mol. The van der Waals surface area contributed by atoms with Gasteiger partial charge in [-0.25, -0.2) is 0 Å². The topological polar surface area (TPSA) is 38.3 Å². The predicted molar refractivity (Wildman–Crippen MR) is 86.0 cm³/mol. The summed E-state index contributed by atoms with van der Waals surface area (Å²) in [6.45, 7) is 6.06. The zero-order valence-electron chi connectivity index (χ0n) is 12.7. The molecule has 0 unspecified atom stereocenters. The van der Waals surface area contributed by atoms with Crippen molar-refractivity contribution in [1.29, 1.82) is 0 Å². The lowest BCUT2D eigenvalue weighted by atomic mass is 10.1. The third-order valence-electron chi connectivity index (χ3n) is 3.11. The fraction of sp³-hybridized carbons (Fsp3) is 0.278. The minimum absolute atomic E-state index is 0.102. The largest absolute Gasteiger partial charge is 0.491 e. The van der Waals surface area contributed by atoms with Gasteiger partial charge in [-0.2, -0.15) is 0 Å². The van der Waals surface area contributed by atoms with Crippen LogP contribution in [-0.4, -0.2) is 12.0 Å². The van der Waals surface area contributed by atoms with Crippen molar-refractivity contribution in [3.8, 4) is 5.75 Å². The molecule has 2 rings (SSSR count). The highest BCUT2D eigenvalue weighted by molar-refractivity contribution is 6.04. The Morgan fingerprint density at radius 3 is 2.19 bits per heavy atom. The number of benzene rings is 2. The van der Waals surface area contributed by atoms with E-state index in [0.717, 1.165) is 17.9 Å². The SMILES string of the molecule is CCc1ccc(C(=O)Nc2ccc(OC(C)C)cc2)cc1. The number of amides is 1. The first-order chi connectivity index (χ1) is 10.1. The van der Waals surface area contributed by atoms with Gasteiger partial charge in [0.25, 0.3) is 5.91 Å². The van der Waals surface area contributed by atoms with Crippen LogP contribution in [0.2, 0.25) is 0 Å². The van der Waals surface area contributed by atoms with Crippen LogP contribution in [0.5, 0.6) is 5.75 Å². The van der Waals surface area contributed by atoms with E-state index in [1.165, 1.54) is 5.56 Å². The highest BCUT2D eigenvalue weighted by Crippen LogP contribution is 2.17. The summed E-state index contributed by atoms with van der Waals surface area (Å²) in [7, 11) is 0. The minimum Gasteiger partial charge on any atom is -0.491 e. The Bertz CT molecular complexity index is 586. The molecule has 0 atom stereocenters. The van der Waals surface area contributed by atoms with Crippen LogP contribution in [0.3, 0.4) is 0 Å². The van der Waals surface area contributed by atoms with Crippen LogP contribution < -0.4 is 10.1 Å². The van der Waals surface area contributed by atoms with Crippen molar-refractivity contribution in [1.82, 2.24) is 0 Å². The summed E-state index contributed by atoms with van der Waals surface area (Å²) >= 11 is 0. The summed E-state index contributed by atoms with van der Waals surface area (Å²) < 4.78 is 5.57. The van der Waals surface area contributed by atoms with E-state index in [1.807, 2.05) is 62.4 Å². The van der Waals surface area contributed by atoms with E-state index in [1.54, 1.807) is 0 Å². The number of carbonyl (C=O) groups excluding carboxylic acids is 1.